The summed E-state index contributed by atoms with van der Waals surface area (Å²) in [6.07, 6.45) is 22.8. The molecule has 2 aromatic carbocycles. The van der Waals surface area contributed by atoms with Crippen molar-refractivity contribution in [2.24, 2.45) is 0 Å². The highest BCUT2D eigenvalue weighted by Crippen LogP contribution is 2.26. The molecule has 1 fully saturated rings. The van der Waals surface area contributed by atoms with Gasteiger partial charge in [-0.2, -0.15) is 0 Å². The number of hydrogen-bond donors (Lipinski definition) is 0. The molecule has 1 saturated heterocycles. The quantitative estimate of drug-likeness (QED) is 0.0345. The van der Waals surface area contributed by atoms with Gasteiger partial charge in [0, 0.05) is 35.8 Å². The molecule has 3 aromatic rings. The molecule has 0 aliphatic carbocycles. The maximum absolute atomic E-state index is 13.4. The Hall–Kier alpha value is -3.39. The van der Waals surface area contributed by atoms with Crippen LogP contribution in [-0.4, -0.2) is 51.7 Å². The summed E-state index contributed by atoms with van der Waals surface area (Å²) in [6, 6.07) is 14.0. The molecule has 0 spiro atoms. The number of thioether (sulfide) groups is 1. The first kappa shape index (κ1) is 37.4. The van der Waals surface area contributed by atoms with Crippen LogP contribution in [0, 0.1) is 0 Å². The monoisotopic (exact) mass is 673 g/mol. The molecule has 0 N–H and O–H groups in total. The Kier molecular flexibility index (Phi) is 16.8. The molecule has 2 heterocycles. The molecule has 1 aliphatic heterocycles. The summed E-state index contributed by atoms with van der Waals surface area (Å²) in [6.45, 7) is 5.70. The molecule has 1 aromatic heterocycles. The third-order valence-electron chi connectivity index (χ3n) is 8.92. The summed E-state index contributed by atoms with van der Waals surface area (Å²) in [7, 11) is 0. The second kappa shape index (κ2) is 21.6. The van der Waals surface area contributed by atoms with Crippen molar-refractivity contribution in [1.82, 2.24) is 14.9 Å². The second-order valence-electron chi connectivity index (χ2n) is 12.8. The van der Waals surface area contributed by atoms with Gasteiger partial charge in [0.15, 0.2) is 5.16 Å². The van der Waals surface area contributed by atoms with Crippen molar-refractivity contribution in [3.63, 3.8) is 0 Å². The molecule has 0 saturated carbocycles. The normalized spacial score (nSPS) is 14.3. The van der Waals surface area contributed by atoms with Crippen LogP contribution in [0.5, 0.6) is 11.5 Å². The Morgan fingerprint density at radius 3 is 1.96 bits per heavy atom. The third kappa shape index (κ3) is 12.6. The number of rotatable bonds is 22. The van der Waals surface area contributed by atoms with Crippen LogP contribution in [0.3, 0.4) is 0 Å². The van der Waals surface area contributed by atoms with Crippen LogP contribution in [0.15, 0.2) is 66.1 Å². The van der Waals surface area contributed by atoms with Crippen LogP contribution < -0.4 is 9.47 Å². The average molecular weight is 674 g/mol. The van der Waals surface area contributed by atoms with Gasteiger partial charge < -0.3 is 14.4 Å². The molecule has 0 bridgehead atoms. The minimum atomic E-state index is -0.607. The highest BCUT2D eigenvalue weighted by Gasteiger charge is 2.36. The summed E-state index contributed by atoms with van der Waals surface area (Å²) in [5.41, 5.74) is 2.41. The zero-order chi connectivity index (χ0) is 33.8. The number of amides is 1. The Morgan fingerprint density at radius 1 is 0.729 bits per heavy atom. The van der Waals surface area contributed by atoms with Gasteiger partial charge in [-0.1, -0.05) is 115 Å². The van der Waals surface area contributed by atoms with E-state index in [9.17, 15) is 9.59 Å². The summed E-state index contributed by atoms with van der Waals surface area (Å²) in [4.78, 5) is 37.2. The Balaban J connectivity index is 1.19. The molecule has 0 unspecified atom stereocenters. The van der Waals surface area contributed by atoms with Gasteiger partial charge >= 0.3 is 5.97 Å². The maximum atomic E-state index is 13.4. The number of carbonyl (C=O) groups excluding carboxylic acids is 2. The van der Waals surface area contributed by atoms with E-state index in [2.05, 4.69) is 23.8 Å². The lowest BCUT2D eigenvalue weighted by Crippen LogP contribution is -2.42. The number of unbranched alkanes of at least 4 members (excludes halogenated alkanes) is 12. The number of hydrogen-bond acceptors (Lipinski definition) is 7. The van der Waals surface area contributed by atoms with Crippen LogP contribution in [0.25, 0.3) is 11.1 Å². The van der Waals surface area contributed by atoms with E-state index in [1.54, 1.807) is 40.9 Å². The van der Waals surface area contributed by atoms with Crippen LogP contribution in [0.2, 0.25) is 0 Å². The van der Waals surface area contributed by atoms with Crippen LogP contribution in [-0.2, 0) is 4.79 Å². The highest BCUT2D eigenvalue weighted by molar-refractivity contribution is 7.99. The van der Waals surface area contributed by atoms with Crippen LogP contribution in [0.1, 0.15) is 127 Å². The number of aromatic nitrogens is 2. The van der Waals surface area contributed by atoms with E-state index in [1.807, 2.05) is 36.7 Å². The third-order valence-corrected chi connectivity index (χ3v) is 9.88. The lowest BCUT2D eigenvalue weighted by Gasteiger charge is -2.23. The zero-order valence-corrected chi connectivity index (χ0v) is 30.0. The molecular weight excluding hydrogens is 619 g/mol. The number of likely N-dealkylation sites (tertiary alicyclic amines) is 1. The smallest absolute Gasteiger partial charge is 0.334 e. The summed E-state index contributed by atoms with van der Waals surface area (Å²) in [5, 5.41) is 0.798. The molecule has 4 rings (SSSR count). The van der Waals surface area contributed by atoms with Crippen LogP contribution >= 0.6 is 11.8 Å². The Labute approximate surface area is 292 Å². The average Bonchev–Trinajstić information content (AvgIpc) is 3.62. The standard InChI is InChI=1S/C40H55N3O4S/c1-3-5-7-9-11-12-13-15-28-46-35-23-21-33(22-24-35)38(44)43-27-17-18-37(43)39(45)47-36-25-19-32(20-26-36)34-30-41-40(42-31-34)48-29-16-14-10-8-6-4-2/h19-26,30-31,37H,3-18,27-29H2,1-2H3/t37-/m0/s1. The molecule has 1 amide bonds. The first-order valence-electron chi connectivity index (χ1n) is 18.4. The van der Waals surface area contributed by atoms with Gasteiger partial charge in [-0.3, -0.25) is 4.79 Å². The minimum Gasteiger partial charge on any atom is -0.494 e. The van der Waals surface area contributed by atoms with Gasteiger partial charge in [0.1, 0.15) is 17.5 Å². The van der Waals surface area contributed by atoms with Crippen molar-refractivity contribution in [2.45, 2.75) is 128 Å². The predicted octanol–water partition coefficient (Wildman–Crippen LogP) is 10.3. The zero-order valence-electron chi connectivity index (χ0n) is 29.2. The fourth-order valence-corrected chi connectivity index (χ4v) is 6.81. The van der Waals surface area contributed by atoms with Gasteiger partial charge in [0.2, 0.25) is 0 Å². The van der Waals surface area contributed by atoms with Gasteiger partial charge in [-0.05, 0) is 67.6 Å². The highest BCUT2D eigenvalue weighted by atomic mass is 32.2. The van der Waals surface area contributed by atoms with E-state index < -0.39 is 12.0 Å². The molecule has 8 heteroatoms. The van der Waals surface area contributed by atoms with Crippen molar-refractivity contribution in [3.05, 3.63) is 66.5 Å². The van der Waals surface area contributed by atoms with E-state index in [-0.39, 0.29) is 5.91 Å². The van der Waals surface area contributed by atoms with Crippen molar-refractivity contribution in [1.29, 1.82) is 0 Å². The van der Waals surface area contributed by atoms with Gasteiger partial charge in [0.25, 0.3) is 5.91 Å². The molecule has 1 aliphatic rings. The lowest BCUT2D eigenvalue weighted by atomic mass is 10.1. The lowest BCUT2D eigenvalue weighted by molar-refractivity contribution is -0.138. The largest absolute Gasteiger partial charge is 0.494 e. The number of nitrogens with zero attached hydrogens (tertiary/aromatic N) is 3. The van der Waals surface area contributed by atoms with E-state index in [0.717, 1.165) is 40.6 Å². The van der Waals surface area contributed by atoms with E-state index in [0.29, 0.717) is 30.9 Å². The second-order valence-corrected chi connectivity index (χ2v) is 13.9. The topological polar surface area (TPSA) is 81.6 Å². The number of ether oxygens (including phenoxy) is 2. The number of esters is 1. The molecule has 7 nitrogen and oxygen atoms in total. The number of benzene rings is 2. The first-order valence-corrected chi connectivity index (χ1v) is 19.4. The Morgan fingerprint density at radius 2 is 1.31 bits per heavy atom. The molecule has 1 atom stereocenters. The van der Waals surface area contributed by atoms with Gasteiger partial charge in [-0.15, -0.1) is 0 Å². The summed E-state index contributed by atoms with van der Waals surface area (Å²) < 4.78 is 11.6. The SMILES string of the molecule is CCCCCCCCCCOc1ccc(C(=O)N2CCC[C@H]2C(=O)Oc2ccc(-c3cnc(SCCCCCCCC)nc3)cc2)cc1. The summed E-state index contributed by atoms with van der Waals surface area (Å²) in [5.74, 6) is 1.69. The van der Waals surface area contributed by atoms with E-state index >= 15 is 0 Å². The van der Waals surface area contributed by atoms with Gasteiger partial charge in [-0.25, -0.2) is 14.8 Å². The summed E-state index contributed by atoms with van der Waals surface area (Å²) >= 11 is 1.70. The number of carbonyl (C=O) groups is 2. The maximum Gasteiger partial charge on any atom is 0.334 e. The van der Waals surface area contributed by atoms with Crippen molar-refractivity contribution < 1.29 is 19.1 Å². The van der Waals surface area contributed by atoms with Gasteiger partial charge in [0.05, 0.1) is 6.61 Å². The molecule has 0 radical (unpaired) electrons. The van der Waals surface area contributed by atoms with E-state index in [1.165, 1.54) is 83.5 Å². The van der Waals surface area contributed by atoms with Crippen LogP contribution in [0.4, 0.5) is 0 Å². The molecule has 48 heavy (non-hydrogen) atoms. The minimum absolute atomic E-state index is 0.159. The molecule has 260 valence electrons. The fourth-order valence-electron chi connectivity index (χ4n) is 6.03. The van der Waals surface area contributed by atoms with E-state index in [4.69, 9.17) is 9.47 Å². The first-order chi connectivity index (χ1) is 23.6. The van der Waals surface area contributed by atoms with Crippen molar-refractivity contribution in [3.8, 4) is 22.6 Å². The predicted molar refractivity (Wildman–Crippen MR) is 196 cm³/mol. The van der Waals surface area contributed by atoms with Crippen molar-refractivity contribution in [2.75, 3.05) is 18.9 Å². The Bertz CT molecular complexity index is 1350. The van der Waals surface area contributed by atoms with Crippen molar-refractivity contribution >= 4 is 23.6 Å². The molecular formula is C40H55N3O4S. The fraction of sp³-hybridized carbons (Fsp3) is 0.550.